The van der Waals surface area contributed by atoms with E-state index >= 15 is 0 Å². The molecular formula is C22H32O16. The van der Waals surface area contributed by atoms with E-state index in [1.54, 1.807) is 0 Å². The summed E-state index contributed by atoms with van der Waals surface area (Å²) in [6.45, 7) is 3.86. The van der Waals surface area contributed by atoms with Gasteiger partial charge in [-0.2, -0.15) is 0 Å². The molecule has 2 rings (SSSR count). The van der Waals surface area contributed by atoms with E-state index in [0.29, 0.717) is 0 Å². The van der Waals surface area contributed by atoms with Crippen molar-refractivity contribution in [3.8, 4) is 0 Å². The quantitative estimate of drug-likeness (QED) is 0.198. The van der Waals surface area contributed by atoms with Gasteiger partial charge in [0.1, 0.15) is 31.0 Å². The van der Waals surface area contributed by atoms with Crippen molar-refractivity contribution >= 4 is 29.8 Å². The first kappa shape index (κ1) is 31.3. The van der Waals surface area contributed by atoms with Gasteiger partial charge in [-0.3, -0.25) is 24.0 Å². The number of aliphatic hydroxyl groups is 3. The lowest BCUT2D eigenvalue weighted by Gasteiger charge is -2.47. The van der Waals surface area contributed by atoms with Crippen molar-refractivity contribution < 1.29 is 77.2 Å². The molecule has 0 radical (unpaired) electrons. The molecule has 16 heteroatoms. The Morgan fingerprint density at radius 3 is 1.63 bits per heavy atom. The predicted octanol–water partition coefficient (Wildman–Crippen LogP) is -2.54. The average Bonchev–Trinajstić information content (AvgIpc) is 2.79. The molecule has 0 aromatic rings. The molecule has 2 aliphatic rings. The third-order valence-electron chi connectivity index (χ3n) is 5.36. The van der Waals surface area contributed by atoms with Crippen molar-refractivity contribution in [2.75, 3.05) is 13.2 Å². The zero-order chi connectivity index (χ0) is 28.7. The standard InChI is InChI=1S/C22H32O16/c1-8(24)31-7-14-16(18(33-10(3)26)19(21(30)36-14)34-11(4)27)38-22-20(35-12(5)28)17(32-9(2)25)15(29)13(6-23)37-22/h13-23,29-30H,6-7H2,1-5H3/t13-,14-,15+,16-,17+,18+,19-,20-,21-,22+/m1/s1. The molecule has 2 heterocycles. The molecule has 0 spiro atoms. The summed E-state index contributed by atoms with van der Waals surface area (Å²) in [7, 11) is 0. The van der Waals surface area contributed by atoms with Crippen LogP contribution in [-0.4, -0.2) is 120 Å². The summed E-state index contributed by atoms with van der Waals surface area (Å²) < 4.78 is 42.6. The summed E-state index contributed by atoms with van der Waals surface area (Å²) in [4.78, 5) is 58.7. The average molecular weight is 552 g/mol. The molecule has 0 aliphatic carbocycles. The SMILES string of the molecule is CC(=O)OC[C@H]1O[C@@H](O)[C@H](OC(C)=O)[C@@H](OC(C)=O)[C@@H]1O[C@@H]1O[C@H](CO)[C@H](O)[C@H](OC(C)=O)[C@H]1OC(C)=O. The van der Waals surface area contributed by atoms with Crippen LogP contribution in [0.2, 0.25) is 0 Å². The van der Waals surface area contributed by atoms with Gasteiger partial charge in [-0.25, -0.2) is 0 Å². The Morgan fingerprint density at radius 2 is 1.13 bits per heavy atom. The van der Waals surface area contributed by atoms with Gasteiger partial charge in [0, 0.05) is 34.6 Å². The highest BCUT2D eigenvalue weighted by atomic mass is 16.8. The molecule has 0 amide bonds. The zero-order valence-electron chi connectivity index (χ0n) is 21.3. The molecule has 216 valence electrons. The lowest BCUT2D eigenvalue weighted by Crippen LogP contribution is -2.66. The molecule has 16 nitrogen and oxygen atoms in total. The fourth-order valence-corrected chi connectivity index (χ4v) is 3.99. The molecule has 0 aromatic heterocycles. The normalized spacial score (nSPS) is 34.9. The van der Waals surface area contributed by atoms with E-state index in [9.17, 15) is 39.3 Å². The van der Waals surface area contributed by atoms with Gasteiger partial charge >= 0.3 is 29.8 Å². The molecule has 0 aromatic carbocycles. The molecule has 3 N–H and O–H groups in total. The monoisotopic (exact) mass is 552 g/mol. The summed E-state index contributed by atoms with van der Waals surface area (Å²) in [6.07, 6.45) is -16.0. The summed E-state index contributed by atoms with van der Waals surface area (Å²) in [6, 6.07) is 0. The van der Waals surface area contributed by atoms with Gasteiger partial charge in [-0.05, 0) is 0 Å². The number of hydrogen-bond acceptors (Lipinski definition) is 16. The third kappa shape index (κ3) is 8.31. The van der Waals surface area contributed by atoms with E-state index in [0.717, 1.165) is 34.6 Å². The van der Waals surface area contributed by atoms with E-state index in [1.165, 1.54) is 0 Å². The molecule has 0 saturated carbocycles. The third-order valence-corrected chi connectivity index (χ3v) is 5.36. The number of hydrogen-bond donors (Lipinski definition) is 3. The predicted molar refractivity (Wildman–Crippen MR) is 116 cm³/mol. The Bertz CT molecular complexity index is 875. The fraction of sp³-hybridized carbons (Fsp3) is 0.773. The second-order valence-corrected chi connectivity index (χ2v) is 8.48. The lowest BCUT2D eigenvalue weighted by atomic mass is 9.96. The van der Waals surface area contributed by atoms with E-state index in [2.05, 4.69) is 0 Å². The van der Waals surface area contributed by atoms with Gasteiger partial charge in [0.15, 0.2) is 37.0 Å². The first-order chi connectivity index (χ1) is 17.7. The smallest absolute Gasteiger partial charge is 0.303 e. The van der Waals surface area contributed by atoms with Crippen LogP contribution in [0.5, 0.6) is 0 Å². The van der Waals surface area contributed by atoms with Gasteiger partial charge in [0.25, 0.3) is 0 Å². The number of rotatable bonds is 9. The summed E-state index contributed by atoms with van der Waals surface area (Å²) in [5, 5.41) is 30.8. The number of ether oxygens (including phenoxy) is 8. The van der Waals surface area contributed by atoms with Crippen molar-refractivity contribution in [3.63, 3.8) is 0 Å². The lowest BCUT2D eigenvalue weighted by molar-refractivity contribution is -0.356. The molecular weight excluding hydrogens is 520 g/mol. The Labute approximate surface area is 216 Å². The summed E-state index contributed by atoms with van der Waals surface area (Å²) in [5.41, 5.74) is 0. The van der Waals surface area contributed by atoms with Crippen LogP contribution in [0.25, 0.3) is 0 Å². The molecule has 2 fully saturated rings. The molecule has 2 saturated heterocycles. The zero-order valence-corrected chi connectivity index (χ0v) is 21.3. The van der Waals surface area contributed by atoms with E-state index in [-0.39, 0.29) is 0 Å². The highest BCUT2D eigenvalue weighted by Gasteiger charge is 2.55. The maximum absolute atomic E-state index is 11.9. The van der Waals surface area contributed by atoms with Gasteiger partial charge in [-0.15, -0.1) is 0 Å². The topological polar surface area (TPSA) is 220 Å². The molecule has 10 atom stereocenters. The van der Waals surface area contributed by atoms with Crippen molar-refractivity contribution in [3.05, 3.63) is 0 Å². The first-order valence-corrected chi connectivity index (χ1v) is 11.5. The van der Waals surface area contributed by atoms with Crippen LogP contribution in [-0.2, 0) is 61.9 Å². The fourth-order valence-electron chi connectivity index (χ4n) is 3.99. The number of aliphatic hydroxyl groups excluding tert-OH is 3. The van der Waals surface area contributed by atoms with Crippen LogP contribution < -0.4 is 0 Å². The van der Waals surface area contributed by atoms with E-state index in [1.807, 2.05) is 0 Å². The van der Waals surface area contributed by atoms with E-state index in [4.69, 9.17) is 37.9 Å². The van der Waals surface area contributed by atoms with Gasteiger partial charge in [0.05, 0.1) is 6.61 Å². The Kier molecular flexibility index (Phi) is 11.4. The molecule has 2 aliphatic heterocycles. The number of carbonyl (C=O) groups excluding carboxylic acids is 5. The van der Waals surface area contributed by atoms with Crippen LogP contribution in [0.4, 0.5) is 0 Å². The van der Waals surface area contributed by atoms with Crippen LogP contribution in [0.1, 0.15) is 34.6 Å². The van der Waals surface area contributed by atoms with Crippen molar-refractivity contribution in [2.45, 2.75) is 96.0 Å². The first-order valence-electron chi connectivity index (χ1n) is 11.5. The second kappa shape index (κ2) is 13.8. The summed E-state index contributed by atoms with van der Waals surface area (Å²) >= 11 is 0. The minimum Gasteiger partial charge on any atom is -0.463 e. The van der Waals surface area contributed by atoms with Crippen molar-refractivity contribution in [1.82, 2.24) is 0 Å². The van der Waals surface area contributed by atoms with Gasteiger partial charge in [0.2, 0.25) is 0 Å². The molecule has 0 bridgehead atoms. The van der Waals surface area contributed by atoms with Gasteiger partial charge < -0.3 is 53.2 Å². The van der Waals surface area contributed by atoms with Gasteiger partial charge in [-0.1, -0.05) is 0 Å². The van der Waals surface area contributed by atoms with Crippen LogP contribution in [0, 0.1) is 0 Å². The molecule has 38 heavy (non-hydrogen) atoms. The maximum atomic E-state index is 11.9. The number of esters is 5. The number of carbonyl (C=O) groups is 5. The van der Waals surface area contributed by atoms with E-state index < -0.39 is 104 Å². The minimum atomic E-state index is -1.86. The second-order valence-electron chi connectivity index (χ2n) is 8.48. The Hall–Kier alpha value is -2.89. The van der Waals surface area contributed by atoms with Crippen molar-refractivity contribution in [2.24, 2.45) is 0 Å². The Balaban J connectivity index is 2.54. The van der Waals surface area contributed by atoms with Crippen LogP contribution >= 0.6 is 0 Å². The van der Waals surface area contributed by atoms with Crippen LogP contribution in [0.3, 0.4) is 0 Å². The Morgan fingerprint density at radius 1 is 0.632 bits per heavy atom. The summed E-state index contributed by atoms with van der Waals surface area (Å²) in [5.74, 6) is -4.26. The highest BCUT2D eigenvalue weighted by molar-refractivity contribution is 5.68. The highest BCUT2D eigenvalue weighted by Crippen LogP contribution is 2.33. The molecule has 0 unspecified atom stereocenters. The van der Waals surface area contributed by atoms with Crippen LogP contribution in [0.15, 0.2) is 0 Å². The largest absolute Gasteiger partial charge is 0.463 e. The minimum absolute atomic E-state index is 0.550. The van der Waals surface area contributed by atoms with Crippen molar-refractivity contribution in [1.29, 1.82) is 0 Å². The maximum Gasteiger partial charge on any atom is 0.303 e.